The molecule has 2 aliphatic rings. The molecule has 2 fully saturated rings. The number of pyridine rings is 3. The molecule has 5 heterocycles. The molecule has 2 saturated heterocycles. The zero-order valence-corrected chi connectivity index (χ0v) is 19.4. The minimum Gasteiger partial charge on any atom is -0.368 e. The van der Waals surface area contributed by atoms with Gasteiger partial charge in [-0.25, -0.2) is 9.97 Å². The van der Waals surface area contributed by atoms with Gasteiger partial charge in [0.05, 0.1) is 16.2 Å². The number of aryl methyl sites for hydroxylation is 2. The molecule has 2 atom stereocenters. The van der Waals surface area contributed by atoms with E-state index in [0.29, 0.717) is 38.9 Å². The lowest BCUT2D eigenvalue weighted by atomic mass is 9.92. The van der Waals surface area contributed by atoms with Gasteiger partial charge in [0, 0.05) is 38.9 Å². The Morgan fingerprint density at radius 3 is 2.78 bits per heavy atom. The molecule has 0 amide bonds. The largest absolute Gasteiger partial charge is 0.368 e. The highest BCUT2D eigenvalue weighted by atomic mass is 35.5. The molecule has 32 heavy (non-hydrogen) atoms. The first kappa shape index (κ1) is 21.0. The van der Waals surface area contributed by atoms with Gasteiger partial charge in [0.2, 0.25) is 0 Å². The molecular weight excluding hydrogens is 447 g/mol. The molecule has 5 rings (SSSR count). The lowest BCUT2D eigenvalue weighted by Gasteiger charge is -2.40. The van der Waals surface area contributed by atoms with Crippen LogP contribution >= 0.6 is 23.2 Å². The lowest BCUT2D eigenvalue weighted by Crippen LogP contribution is -2.47. The van der Waals surface area contributed by atoms with Crippen molar-refractivity contribution in [3.05, 3.63) is 56.1 Å². The Labute approximate surface area is 195 Å². The van der Waals surface area contributed by atoms with Crippen LogP contribution in [0, 0.1) is 24.2 Å². The van der Waals surface area contributed by atoms with E-state index in [0.717, 1.165) is 43.9 Å². The van der Waals surface area contributed by atoms with E-state index >= 15 is 0 Å². The Morgan fingerprint density at radius 1 is 1.22 bits per heavy atom. The molecule has 0 bridgehead atoms. The van der Waals surface area contributed by atoms with Crippen LogP contribution in [0.25, 0.3) is 11.0 Å². The van der Waals surface area contributed by atoms with Crippen LogP contribution in [0.3, 0.4) is 0 Å². The summed E-state index contributed by atoms with van der Waals surface area (Å²) in [4.78, 5) is 26.6. The van der Waals surface area contributed by atoms with Gasteiger partial charge in [-0.1, -0.05) is 23.2 Å². The van der Waals surface area contributed by atoms with Crippen LogP contribution in [0.4, 0.5) is 11.5 Å². The summed E-state index contributed by atoms with van der Waals surface area (Å²) >= 11 is 12.3. The van der Waals surface area contributed by atoms with Gasteiger partial charge in [-0.05, 0) is 49.4 Å². The molecule has 164 valence electrons. The van der Waals surface area contributed by atoms with Crippen LogP contribution in [-0.2, 0) is 7.05 Å². The second kappa shape index (κ2) is 7.95. The Balaban J connectivity index is 1.52. The predicted octanol–water partition coefficient (Wildman–Crippen LogP) is 3.92. The fraction of sp³-hybridized carbons (Fsp3) is 0.391. The number of halogens is 2. The van der Waals surface area contributed by atoms with Crippen LogP contribution in [0.15, 0.2) is 29.2 Å². The van der Waals surface area contributed by atoms with Crippen molar-refractivity contribution in [2.24, 2.45) is 13.0 Å². The van der Waals surface area contributed by atoms with E-state index in [1.807, 2.05) is 13.0 Å². The average Bonchev–Trinajstić information content (AvgIpc) is 3.19. The molecule has 2 aliphatic heterocycles. The fourth-order valence-electron chi connectivity index (χ4n) is 5.26. The van der Waals surface area contributed by atoms with E-state index in [-0.39, 0.29) is 11.1 Å². The smallest absolute Gasteiger partial charge is 0.270 e. The first-order valence-electron chi connectivity index (χ1n) is 10.6. The van der Waals surface area contributed by atoms with Gasteiger partial charge in [-0.2, -0.15) is 5.26 Å². The number of anilines is 2. The zero-order valence-electron chi connectivity index (χ0n) is 17.8. The van der Waals surface area contributed by atoms with E-state index < -0.39 is 0 Å². The highest BCUT2D eigenvalue weighted by Gasteiger charge is 2.40. The summed E-state index contributed by atoms with van der Waals surface area (Å²) in [5, 5.41) is 10.8. The quantitative estimate of drug-likeness (QED) is 0.530. The van der Waals surface area contributed by atoms with Crippen molar-refractivity contribution in [1.82, 2.24) is 14.5 Å². The number of hydrogen-bond acceptors (Lipinski definition) is 6. The number of aromatic nitrogens is 3. The van der Waals surface area contributed by atoms with Gasteiger partial charge < -0.3 is 14.4 Å². The Kier molecular flexibility index (Phi) is 5.23. The van der Waals surface area contributed by atoms with Crippen LogP contribution in [0.2, 0.25) is 10.2 Å². The van der Waals surface area contributed by atoms with Crippen molar-refractivity contribution >= 4 is 45.7 Å². The molecule has 7 nitrogen and oxygen atoms in total. The van der Waals surface area contributed by atoms with E-state index in [4.69, 9.17) is 23.2 Å². The third-order valence-electron chi connectivity index (χ3n) is 6.73. The number of rotatable bonds is 2. The van der Waals surface area contributed by atoms with Crippen LogP contribution in [0.1, 0.15) is 24.0 Å². The highest BCUT2D eigenvalue weighted by molar-refractivity contribution is 6.30. The first-order valence-corrected chi connectivity index (χ1v) is 11.4. The Hall–Kier alpha value is -2.82. The molecule has 0 saturated carbocycles. The lowest BCUT2D eigenvalue weighted by molar-refractivity contribution is 0.395. The van der Waals surface area contributed by atoms with E-state index in [2.05, 4.69) is 25.8 Å². The summed E-state index contributed by atoms with van der Waals surface area (Å²) in [5.74, 6) is 1.38. The third kappa shape index (κ3) is 3.30. The maximum Gasteiger partial charge on any atom is 0.270 e. The molecule has 0 N–H and O–H groups in total. The predicted molar refractivity (Wildman–Crippen MR) is 127 cm³/mol. The van der Waals surface area contributed by atoms with Crippen molar-refractivity contribution in [2.75, 3.05) is 29.4 Å². The Bertz CT molecular complexity index is 1330. The number of nitrogens with zero attached hydrogens (tertiary/aromatic N) is 6. The van der Waals surface area contributed by atoms with Crippen molar-refractivity contribution in [2.45, 2.75) is 25.8 Å². The average molecular weight is 469 g/mol. The molecule has 0 spiro atoms. The summed E-state index contributed by atoms with van der Waals surface area (Å²) in [5.41, 5.74) is 2.76. The fourth-order valence-corrected chi connectivity index (χ4v) is 5.62. The van der Waals surface area contributed by atoms with Crippen molar-refractivity contribution in [1.29, 1.82) is 5.26 Å². The summed E-state index contributed by atoms with van der Waals surface area (Å²) in [7, 11) is 1.66. The van der Waals surface area contributed by atoms with Gasteiger partial charge >= 0.3 is 0 Å². The number of hydrogen-bond donors (Lipinski definition) is 0. The summed E-state index contributed by atoms with van der Waals surface area (Å²) in [6, 6.07) is 7.90. The molecule has 9 heteroatoms. The second-order valence-corrected chi connectivity index (χ2v) is 9.36. The summed E-state index contributed by atoms with van der Waals surface area (Å²) in [6.07, 6.45) is 3.62. The van der Waals surface area contributed by atoms with Gasteiger partial charge in [0.15, 0.2) is 0 Å². The SMILES string of the molecule is Cc1cc(Cl)cnc1N1CC[C@@H]2CN(c3c(C#N)c(=O)n(C)c4ccc(Cl)nc34)CC[C@@H]21. The van der Waals surface area contributed by atoms with Gasteiger partial charge in [-0.15, -0.1) is 0 Å². The number of nitriles is 1. The van der Waals surface area contributed by atoms with Gasteiger partial charge in [0.1, 0.15) is 28.1 Å². The van der Waals surface area contributed by atoms with Crippen molar-refractivity contribution in [3.8, 4) is 6.07 Å². The van der Waals surface area contributed by atoms with Crippen LogP contribution < -0.4 is 15.4 Å². The minimum atomic E-state index is -0.310. The number of fused-ring (bicyclic) bond motifs is 2. The first-order chi connectivity index (χ1) is 15.4. The van der Waals surface area contributed by atoms with Gasteiger partial charge in [0.25, 0.3) is 5.56 Å². The third-order valence-corrected chi connectivity index (χ3v) is 7.15. The molecule has 0 unspecified atom stereocenters. The van der Waals surface area contributed by atoms with Crippen molar-refractivity contribution in [3.63, 3.8) is 0 Å². The minimum absolute atomic E-state index is 0.123. The van der Waals surface area contributed by atoms with E-state index in [9.17, 15) is 10.1 Å². The maximum absolute atomic E-state index is 12.9. The zero-order chi connectivity index (χ0) is 22.6. The maximum atomic E-state index is 12.9. The molecule has 0 aliphatic carbocycles. The highest BCUT2D eigenvalue weighted by Crippen LogP contribution is 2.39. The normalized spacial score (nSPS) is 20.5. The standard InChI is InChI=1S/C23H22Cl2N6O/c1-13-9-15(24)11-27-22(13)31-8-5-14-12-30(7-6-17(14)31)21-16(10-26)23(32)29(2)18-3-4-19(25)28-20(18)21/h3-4,9,11,14,17H,5-8,12H2,1-2H3/t14-,17+/m1/s1. The van der Waals surface area contributed by atoms with Crippen LogP contribution in [0.5, 0.6) is 0 Å². The molecular formula is C23H22Cl2N6O. The topological polar surface area (TPSA) is 78.0 Å². The van der Waals surface area contributed by atoms with Gasteiger partial charge in [-0.3, -0.25) is 4.79 Å². The van der Waals surface area contributed by atoms with E-state index in [1.54, 1.807) is 25.4 Å². The van der Waals surface area contributed by atoms with Crippen LogP contribution in [-0.4, -0.2) is 40.2 Å². The molecule has 3 aromatic rings. The summed E-state index contributed by atoms with van der Waals surface area (Å²) < 4.78 is 1.47. The summed E-state index contributed by atoms with van der Waals surface area (Å²) in [6.45, 7) is 4.43. The number of piperidine rings is 1. The second-order valence-electron chi connectivity index (χ2n) is 8.54. The Morgan fingerprint density at radius 2 is 2.03 bits per heavy atom. The van der Waals surface area contributed by atoms with Crippen molar-refractivity contribution < 1.29 is 0 Å². The molecule has 0 radical (unpaired) electrons. The molecule has 3 aromatic heterocycles. The monoisotopic (exact) mass is 468 g/mol. The molecule has 0 aromatic carbocycles. The van der Waals surface area contributed by atoms with E-state index in [1.165, 1.54) is 4.57 Å².